The summed E-state index contributed by atoms with van der Waals surface area (Å²) in [5.41, 5.74) is 1.03. The summed E-state index contributed by atoms with van der Waals surface area (Å²) in [6.45, 7) is 2.73. The standard InChI is InChI=1S/C13H16BrN3O2/c1-3-19-11(18)7-8-15-13-9-5-4-6-10(14)12(9)17(2)16-13/h4-6H,3,7-8H2,1-2H3,(H,15,16). The zero-order chi connectivity index (χ0) is 13.8. The summed E-state index contributed by atoms with van der Waals surface area (Å²) in [4.78, 5) is 11.3. The number of carbonyl (C=O) groups is 1. The molecule has 0 fully saturated rings. The predicted octanol–water partition coefficient (Wildman–Crippen LogP) is 2.70. The summed E-state index contributed by atoms with van der Waals surface area (Å²) in [5.74, 6) is 0.583. The quantitative estimate of drug-likeness (QED) is 0.859. The molecule has 0 radical (unpaired) electrons. The van der Waals surface area contributed by atoms with Gasteiger partial charge in [-0.3, -0.25) is 9.48 Å². The summed E-state index contributed by atoms with van der Waals surface area (Å²) < 4.78 is 7.69. The molecule has 19 heavy (non-hydrogen) atoms. The maximum Gasteiger partial charge on any atom is 0.307 e. The molecular formula is C13H16BrN3O2. The number of halogens is 1. The number of para-hydroxylation sites is 1. The fraction of sp³-hybridized carbons (Fsp3) is 0.385. The van der Waals surface area contributed by atoms with Crippen molar-refractivity contribution >= 4 is 38.6 Å². The first kappa shape index (κ1) is 13.9. The third-order valence-corrected chi connectivity index (χ3v) is 3.38. The van der Waals surface area contributed by atoms with E-state index in [9.17, 15) is 4.79 Å². The number of anilines is 1. The van der Waals surface area contributed by atoms with Gasteiger partial charge < -0.3 is 10.1 Å². The molecule has 0 saturated carbocycles. The van der Waals surface area contributed by atoms with Crippen LogP contribution in [0.4, 0.5) is 5.82 Å². The van der Waals surface area contributed by atoms with Crippen LogP contribution in [-0.4, -0.2) is 28.9 Å². The molecule has 1 aromatic heterocycles. The molecule has 0 saturated heterocycles. The van der Waals surface area contributed by atoms with E-state index in [4.69, 9.17) is 4.74 Å². The number of nitrogens with one attached hydrogen (secondary N) is 1. The molecule has 0 bridgehead atoms. The lowest BCUT2D eigenvalue weighted by Gasteiger charge is -2.03. The summed E-state index contributed by atoms with van der Waals surface area (Å²) in [6.07, 6.45) is 0.333. The minimum absolute atomic E-state index is 0.198. The maximum absolute atomic E-state index is 11.3. The largest absolute Gasteiger partial charge is 0.466 e. The van der Waals surface area contributed by atoms with E-state index in [2.05, 4.69) is 26.3 Å². The molecule has 0 unspecified atom stereocenters. The van der Waals surface area contributed by atoms with Crippen molar-refractivity contribution in [2.24, 2.45) is 7.05 Å². The smallest absolute Gasteiger partial charge is 0.307 e. The Morgan fingerprint density at radius 2 is 2.32 bits per heavy atom. The van der Waals surface area contributed by atoms with Gasteiger partial charge >= 0.3 is 5.97 Å². The van der Waals surface area contributed by atoms with Crippen LogP contribution in [0.15, 0.2) is 22.7 Å². The zero-order valence-electron chi connectivity index (χ0n) is 10.9. The Balaban J connectivity index is 2.09. The average molecular weight is 326 g/mol. The highest BCUT2D eigenvalue weighted by molar-refractivity contribution is 9.10. The van der Waals surface area contributed by atoms with Crippen molar-refractivity contribution < 1.29 is 9.53 Å². The summed E-state index contributed by atoms with van der Waals surface area (Å²) in [5, 5.41) is 8.62. The number of aromatic nitrogens is 2. The van der Waals surface area contributed by atoms with Gasteiger partial charge in [0.25, 0.3) is 0 Å². The number of ether oxygens (including phenoxy) is 1. The van der Waals surface area contributed by atoms with Crippen LogP contribution in [0.25, 0.3) is 10.9 Å². The van der Waals surface area contributed by atoms with Gasteiger partial charge in [-0.15, -0.1) is 0 Å². The fourth-order valence-corrected chi connectivity index (χ4v) is 2.56. The Kier molecular flexibility index (Phi) is 4.42. The van der Waals surface area contributed by atoms with E-state index in [1.165, 1.54) is 0 Å². The highest BCUT2D eigenvalue weighted by Crippen LogP contribution is 2.28. The Labute approximate surface area is 120 Å². The number of rotatable bonds is 5. The van der Waals surface area contributed by atoms with Crippen molar-refractivity contribution in [3.05, 3.63) is 22.7 Å². The lowest BCUT2D eigenvalue weighted by atomic mass is 10.2. The molecule has 2 rings (SSSR count). The Morgan fingerprint density at radius 1 is 1.53 bits per heavy atom. The molecule has 0 atom stereocenters. The van der Waals surface area contributed by atoms with Gasteiger partial charge in [0.15, 0.2) is 5.82 Å². The van der Waals surface area contributed by atoms with E-state index in [1.807, 2.05) is 29.9 Å². The van der Waals surface area contributed by atoms with E-state index in [0.29, 0.717) is 19.6 Å². The minimum Gasteiger partial charge on any atom is -0.466 e. The first-order valence-corrected chi connectivity index (χ1v) is 6.93. The van der Waals surface area contributed by atoms with Gasteiger partial charge in [0.2, 0.25) is 0 Å². The van der Waals surface area contributed by atoms with E-state index < -0.39 is 0 Å². The van der Waals surface area contributed by atoms with Crippen LogP contribution in [0.2, 0.25) is 0 Å². The van der Waals surface area contributed by atoms with Gasteiger partial charge in [0.05, 0.1) is 18.5 Å². The van der Waals surface area contributed by atoms with Gasteiger partial charge in [-0.25, -0.2) is 0 Å². The minimum atomic E-state index is -0.198. The van der Waals surface area contributed by atoms with Crippen molar-refractivity contribution in [2.45, 2.75) is 13.3 Å². The zero-order valence-corrected chi connectivity index (χ0v) is 12.5. The first-order valence-electron chi connectivity index (χ1n) is 6.14. The molecule has 1 N–H and O–H groups in total. The molecule has 2 aromatic rings. The first-order chi connectivity index (χ1) is 9.13. The van der Waals surface area contributed by atoms with Crippen molar-refractivity contribution in [1.82, 2.24) is 9.78 Å². The van der Waals surface area contributed by atoms with Gasteiger partial charge in [0, 0.05) is 23.5 Å². The van der Waals surface area contributed by atoms with E-state index >= 15 is 0 Å². The number of nitrogens with zero attached hydrogens (tertiary/aromatic N) is 2. The topological polar surface area (TPSA) is 56.1 Å². The number of hydrogen-bond acceptors (Lipinski definition) is 4. The number of aryl methyl sites for hydroxylation is 1. The summed E-state index contributed by atoms with van der Waals surface area (Å²) >= 11 is 3.51. The third-order valence-electron chi connectivity index (χ3n) is 2.74. The van der Waals surface area contributed by atoms with Crippen LogP contribution in [0.1, 0.15) is 13.3 Å². The molecule has 1 aromatic carbocycles. The van der Waals surface area contributed by atoms with E-state index in [1.54, 1.807) is 6.92 Å². The lowest BCUT2D eigenvalue weighted by Crippen LogP contribution is -2.11. The monoisotopic (exact) mass is 325 g/mol. The van der Waals surface area contributed by atoms with E-state index in [0.717, 1.165) is 21.2 Å². The predicted molar refractivity (Wildman–Crippen MR) is 78.2 cm³/mol. The highest BCUT2D eigenvalue weighted by atomic mass is 79.9. The van der Waals surface area contributed by atoms with Crippen molar-refractivity contribution in [2.75, 3.05) is 18.5 Å². The molecule has 1 heterocycles. The number of benzene rings is 1. The van der Waals surface area contributed by atoms with Crippen LogP contribution in [0.5, 0.6) is 0 Å². The van der Waals surface area contributed by atoms with Crippen molar-refractivity contribution in [1.29, 1.82) is 0 Å². The van der Waals surface area contributed by atoms with Crippen LogP contribution < -0.4 is 5.32 Å². The van der Waals surface area contributed by atoms with Gasteiger partial charge in [0.1, 0.15) is 0 Å². The highest BCUT2D eigenvalue weighted by Gasteiger charge is 2.11. The number of carbonyl (C=O) groups excluding carboxylic acids is 1. The third kappa shape index (κ3) is 3.07. The van der Waals surface area contributed by atoms with Crippen LogP contribution in [0.3, 0.4) is 0 Å². The van der Waals surface area contributed by atoms with Crippen LogP contribution in [-0.2, 0) is 16.6 Å². The molecule has 0 spiro atoms. The van der Waals surface area contributed by atoms with Gasteiger partial charge in [-0.05, 0) is 35.0 Å². The fourth-order valence-electron chi connectivity index (χ4n) is 1.94. The lowest BCUT2D eigenvalue weighted by molar-refractivity contribution is -0.142. The summed E-state index contributed by atoms with van der Waals surface area (Å²) in [6, 6.07) is 5.94. The summed E-state index contributed by atoms with van der Waals surface area (Å²) in [7, 11) is 1.89. The molecule has 0 aliphatic carbocycles. The number of hydrogen-bond donors (Lipinski definition) is 1. The average Bonchev–Trinajstić information content (AvgIpc) is 2.68. The molecule has 5 nitrogen and oxygen atoms in total. The second-order valence-electron chi connectivity index (χ2n) is 4.09. The van der Waals surface area contributed by atoms with Gasteiger partial charge in [-0.2, -0.15) is 5.10 Å². The Morgan fingerprint density at radius 3 is 3.05 bits per heavy atom. The SMILES string of the molecule is CCOC(=O)CCNc1nn(C)c2c(Br)cccc12. The molecule has 102 valence electrons. The van der Waals surface area contributed by atoms with Crippen molar-refractivity contribution in [3.8, 4) is 0 Å². The number of fused-ring (bicyclic) bond motifs is 1. The molecular weight excluding hydrogens is 310 g/mol. The maximum atomic E-state index is 11.3. The van der Waals surface area contributed by atoms with E-state index in [-0.39, 0.29) is 5.97 Å². The molecule has 0 aliphatic heterocycles. The second-order valence-corrected chi connectivity index (χ2v) is 4.94. The molecule has 6 heteroatoms. The normalized spacial score (nSPS) is 10.7. The molecule has 0 amide bonds. The Bertz CT molecular complexity index is 595. The van der Waals surface area contributed by atoms with Crippen LogP contribution >= 0.6 is 15.9 Å². The number of esters is 1. The Hall–Kier alpha value is -1.56. The second kappa shape index (κ2) is 6.06. The van der Waals surface area contributed by atoms with Gasteiger partial charge in [-0.1, -0.05) is 6.07 Å². The van der Waals surface area contributed by atoms with Crippen LogP contribution in [0, 0.1) is 0 Å². The van der Waals surface area contributed by atoms with Crippen molar-refractivity contribution in [3.63, 3.8) is 0 Å². The molecule has 0 aliphatic rings.